The minimum Gasteiger partial charge on any atom is -0.356 e. The first kappa shape index (κ1) is 9.28. The molecule has 0 bridgehead atoms. The van der Waals surface area contributed by atoms with Gasteiger partial charge in [-0.2, -0.15) is 0 Å². The minimum atomic E-state index is -1.75. The SMILES string of the molecule is Fc1ccc[nH+]c1.O=[N+]([O-])[O-]. The first-order chi connectivity index (χ1) is 5.13. The van der Waals surface area contributed by atoms with Gasteiger partial charge in [0.1, 0.15) is 0 Å². The van der Waals surface area contributed by atoms with Crippen molar-refractivity contribution >= 4 is 0 Å². The largest absolute Gasteiger partial charge is 0.356 e. The summed E-state index contributed by atoms with van der Waals surface area (Å²) in [5.41, 5.74) is 0. The van der Waals surface area contributed by atoms with Gasteiger partial charge >= 0.3 is 0 Å². The zero-order chi connectivity index (χ0) is 8.69. The van der Waals surface area contributed by atoms with E-state index in [1.54, 1.807) is 12.3 Å². The van der Waals surface area contributed by atoms with Crippen LogP contribution in [0.25, 0.3) is 0 Å². The molecular formula is C5H5FN2O3. The molecule has 0 saturated heterocycles. The van der Waals surface area contributed by atoms with Gasteiger partial charge in [0.15, 0.2) is 12.0 Å². The highest BCUT2D eigenvalue weighted by Crippen LogP contribution is 1.84. The van der Waals surface area contributed by atoms with Gasteiger partial charge in [-0.15, -0.1) is 0 Å². The molecule has 0 radical (unpaired) electrons. The number of hydrogen-bond acceptors (Lipinski definition) is 3. The molecule has 6 heteroatoms. The highest BCUT2D eigenvalue weighted by Gasteiger charge is 1.84. The molecule has 1 aromatic rings. The molecule has 5 nitrogen and oxygen atoms in total. The molecule has 1 aromatic heterocycles. The Morgan fingerprint density at radius 3 is 2.27 bits per heavy atom. The Bertz CT molecular complexity index is 212. The summed E-state index contributed by atoms with van der Waals surface area (Å²) in [5, 5.41) is 14.8. The van der Waals surface area contributed by atoms with Gasteiger partial charge in [0.05, 0.1) is 5.09 Å². The van der Waals surface area contributed by atoms with E-state index in [1.165, 1.54) is 12.3 Å². The lowest BCUT2D eigenvalue weighted by molar-refractivity contribution is -0.402. The summed E-state index contributed by atoms with van der Waals surface area (Å²) in [6.45, 7) is 0. The molecule has 1 N–H and O–H groups in total. The fourth-order valence-corrected chi connectivity index (χ4v) is 0.371. The summed E-state index contributed by atoms with van der Waals surface area (Å²) in [6, 6.07) is 2.99. The standard InChI is InChI=1S/C5H4FN.NO3/c6-5-2-1-3-7-4-5;2-1(3)4/h1-4H;/q;-1/p+1. The molecule has 60 valence electrons. The van der Waals surface area contributed by atoms with Crippen LogP contribution in [0.1, 0.15) is 0 Å². The highest BCUT2D eigenvalue weighted by atomic mass is 19.1. The second-order valence-electron chi connectivity index (χ2n) is 1.45. The fraction of sp³-hybridized carbons (Fsp3) is 0. The minimum absolute atomic E-state index is 0.234. The van der Waals surface area contributed by atoms with Gasteiger partial charge in [0, 0.05) is 6.07 Å². The molecule has 0 aliphatic heterocycles. The van der Waals surface area contributed by atoms with Crippen molar-refractivity contribution in [2.45, 2.75) is 0 Å². The van der Waals surface area contributed by atoms with Crippen LogP contribution in [0, 0.1) is 21.1 Å². The molecule has 0 aliphatic rings. The van der Waals surface area contributed by atoms with E-state index in [0.717, 1.165) is 0 Å². The summed E-state index contributed by atoms with van der Waals surface area (Å²) in [5.74, 6) is -0.234. The van der Waals surface area contributed by atoms with E-state index >= 15 is 0 Å². The zero-order valence-electron chi connectivity index (χ0n) is 5.36. The predicted octanol–water partition coefficient (Wildman–Crippen LogP) is 0.401. The molecule has 1 heterocycles. The topological polar surface area (TPSA) is 80.3 Å². The number of rotatable bonds is 0. The molecule has 0 amide bonds. The van der Waals surface area contributed by atoms with Gasteiger partial charge in [0.25, 0.3) is 0 Å². The fourth-order valence-electron chi connectivity index (χ4n) is 0.371. The van der Waals surface area contributed by atoms with Gasteiger partial charge in [-0.1, -0.05) is 0 Å². The summed E-state index contributed by atoms with van der Waals surface area (Å²) in [4.78, 5) is 10.8. The van der Waals surface area contributed by atoms with E-state index in [0.29, 0.717) is 0 Å². The van der Waals surface area contributed by atoms with Crippen LogP contribution in [-0.2, 0) is 0 Å². The number of aromatic nitrogens is 1. The first-order valence-corrected chi connectivity index (χ1v) is 2.56. The Kier molecular flexibility index (Phi) is 4.30. The van der Waals surface area contributed by atoms with Crippen LogP contribution in [0.3, 0.4) is 0 Å². The number of pyridine rings is 1. The summed E-state index contributed by atoms with van der Waals surface area (Å²) < 4.78 is 11.9. The average molecular weight is 160 g/mol. The van der Waals surface area contributed by atoms with Crippen LogP contribution in [0.15, 0.2) is 24.5 Å². The van der Waals surface area contributed by atoms with E-state index in [4.69, 9.17) is 15.3 Å². The van der Waals surface area contributed by atoms with Crippen molar-refractivity contribution in [3.63, 3.8) is 0 Å². The van der Waals surface area contributed by atoms with Crippen LogP contribution in [0.5, 0.6) is 0 Å². The predicted molar refractivity (Wildman–Crippen MR) is 33.3 cm³/mol. The Balaban J connectivity index is 0.000000218. The van der Waals surface area contributed by atoms with Crippen LogP contribution in [0.4, 0.5) is 4.39 Å². The van der Waals surface area contributed by atoms with E-state index in [1.807, 2.05) is 0 Å². The Labute approximate surface area is 61.2 Å². The number of hydrogen-bond donors (Lipinski definition) is 0. The van der Waals surface area contributed by atoms with Crippen LogP contribution in [-0.4, -0.2) is 5.09 Å². The molecule has 11 heavy (non-hydrogen) atoms. The van der Waals surface area contributed by atoms with Crippen LogP contribution in [0.2, 0.25) is 0 Å². The normalized spacial score (nSPS) is 7.73. The quantitative estimate of drug-likeness (QED) is 0.407. The number of nitrogens with one attached hydrogen (secondary N) is 1. The molecule has 0 spiro atoms. The second kappa shape index (κ2) is 5.10. The van der Waals surface area contributed by atoms with Gasteiger partial charge in [-0.3, -0.25) is 0 Å². The monoisotopic (exact) mass is 160 g/mol. The lowest BCUT2D eigenvalue weighted by Crippen LogP contribution is -1.97. The van der Waals surface area contributed by atoms with Crippen molar-refractivity contribution < 1.29 is 14.5 Å². The van der Waals surface area contributed by atoms with Gasteiger partial charge in [-0.25, -0.2) is 9.37 Å². The maximum atomic E-state index is 11.9. The Hall–Kier alpha value is -1.72. The first-order valence-electron chi connectivity index (χ1n) is 2.56. The summed E-state index contributed by atoms with van der Waals surface area (Å²) >= 11 is 0. The molecule has 1 rings (SSSR count). The lowest BCUT2D eigenvalue weighted by Gasteiger charge is -1.74. The van der Waals surface area contributed by atoms with E-state index in [-0.39, 0.29) is 5.82 Å². The molecule has 0 fully saturated rings. The van der Waals surface area contributed by atoms with Crippen molar-refractivity contribution in [2.24, 2.45) is 0 Å². The third kappa shape index (κ3) is 8.28. The molecular weight excluding hydrogens is 155 g/mol. The van der Waals surface area contributed by atoms with Gasteiger partial charge in [-0.05, 0) is 6.07 Å². The van der Waals surface area contributed by atoms with Crippen molar-refractivity contribution in [2.75, 3.05) is 0 Å². The third-order valence-corrected chi connectivity index (χ3v) is 0.669. The number of aromatic amines is 1. The smallest absolute Gasteiger partial charge is 0.203 e. The van der Waals surface area contributed by atoms with Crippen molar-refractivity contribution in [3.8, 4) is 0 Å². The lowest BCUT2D eigenvalue weighted by atomic mass is 10.5. The maximum Gasteiger partial charge on any atom is 0.203 e. The number of H-pyrrole nitrogens is 1. The maximum absolute atomic E-state index is 11.9. The molecule has 0 atom stereocenters. The van der Waals surface area contributed by atoms with Crippen LogP contribution >= 0.6 is 0 Å². The van der Waals surface area contributed by atoms with Gasteiger partial charge in [0.2, 0.25) is 6.20 Å². The van der Waals surface area contributed by atoms with Crippen molar-refractivity contribution in [3.05, 3.63) is 45.7 Å². The number of halogens is 1. The second-order valence-corrected chi connectivity index (χ2v) is 1.45. The summed E-state index contributed by atoms with van der Waals surface area (Å²) in [7, 11) is 0. The van der Waals surface area contributed by atoms with Crippen LogP contribution < -0.4 is 4.98 Å². The summed E-state index contributed by atoms with van der Waals surface area (Å²) in [6.07, 6.45) is 2.95. The number of nitrogens with zero attached hydrogens (tertiary/aromatic N) is 1. The molecule has 0 aromatic carbocycles. The van der Waals surface area contributed by atoms with E-state index in [2.05, 4.69) is 4.98 Å². The van der Waals surface area contributed by atoms with Crippen molar-refractivity contribution in [1.29, 1.82) is 0 Å². The molecule has 0 saturated carbocycles. The highest BCUT2D eigenvalue weighted by molar-refractivity contribution is 4.87. The Morgan fingerprint density at radius 1 is 1.55 bits per heavy atom. The van der Waals surface area contributed by atoms with Crippen molar-refractivity contribution in [1.82, 2.24) is 0 Å². The van der Waals surface area contributed by atoms with E-state index < -0.39 is 5.09 Å². The van der Waals surface area contributed by atoms with E-state index in [9.17, 15) is 4.39 Å². The molecule has 0 unspecified atom stereocenters. The average Bonchev–Trinajstić information content (AvgIpc) is 1.87. The zero-order valence-corrected chi connectivity index (χ0v) is 5.36. The third-order valence-electron chi connectivity index (χ3n) is 0.669. The van der Waals surface area contributed by atoms with Gasteiger partial charge < -0.3 is 15.3 Å². The molecule has 0 aliphatic carbocycles. The Morgan fingerprint density at radius 2 is 2.09 bits per heavy atom.